The molecule has 2 N–H and O–H groups in total. The van der Waals surface area contributed by atoms with Crippen LogP contribution in [-0.4, -0.2) is 21.4 Å². The molecule has 0 saturated heterocycles. The molecule has 29 heavy (non-hydrogen) atoms. The SMILES string of the molecule is COc1ccc(NC(=O)c2cc(S(=O)(=O)Nc3ccc(F)cc3)ccc2Cl)cc1. The van der Waals surface area contributed by atoms with Gasteiger partial charge >= 0.3 is 0 Å². The van der Waals surface area contributed by atoms with Crippen LogP contribution in [0.2, 0.25) is 5.02 Å². The molecule has 0 fully saturated rings. The third-order valence-electron chi connectivity index (χ3n) is 3.94. The minimum Gasteiger partial charge on any atom is -0.497 e. The number of benzene rings is 3. The van der Waals surface area contributed by atoms with Crippen molar-refractivity contribution in [3.63, 3.8) is 0 Å². The Kier molecular flexibility index (Phi) is 6.05. The average molecular weight is 435 g/mol. The highest BCUT2D eigenvalue weighted by Crippen LogP contribution is 2.24. The van der Waals surface area contributed by atoms with Crippen LogP contribution in [0, 0.1) is 5.82 Å². The fourth-order valence-corrected chi connectivity index (χ4v) is 3.74. The van der Waals surface area contributed by atoms with E-state index in [-0.39, 0.29) is 21.2 Å². The van der Waals surface area contributed by atoms with Crippen molar-refractivity contribution in [3.05, 3.63) is 83.1 Å². The lowest BCUT2D eigenvalue weighted by molar-refractivity contribution is 0.102. The van der Waals surface area contributed by atoms with Gasteiger partial charge < -0.3 is 10.1 Å². The largest absolute Gasteiger partial charge is 0.497 e. The summed E-state index contributed by atoms with van der Waals surface area (Å²) in [6, 6.07) is 15.2. The molecule has 9 heteroatoms. The number of nitrogens with one attached hydrogen (secondary N) is 2. The van der Waals surface area contributed by atoms with Gasteiger partial charge in [0.25, 0.3) is 15.9 Å². The van der Waals surface area contributed by atoms with Crippen molar-refractivity contribution >= 4 is 38.9 Å². The second-order valence-electron chi connectivity index (χ2n) is 5.94. The molecule has 0 spiro atoms. The van der Waals surface area contributed by atoms with Gasteiger partial charge in [0.2, 0.25) is 0 Å². The number of halogens is 2. The maximum absolute atomic E-state index is 13.0. The van der Waals surface area contributed by atoms with Gasteiger partial charge in [-0.05, 0) is 66.7 Å². The highest BCUT2D eigenvalue weighted by atomic mass is 35.5. The fraction of sp³-hybridized carbons (Fsp3) is 0.0500. The Labute approximate surface area is 172 Å². The van der Waals surface area contributed by atoms with E-state index in [2.05, 4.69) is 10.0 Å². The summed E-state index contributed by atoms with van der Waals surface area (Å²) in [6.07, 6.45) is 0. The van der Waals surface area contributed by atoms with Gasteiger partial charge in [0, 0.05) is 11.4 Å². The molecule has 0 unspecified atom stereocenters. The number of amides is 1. The molecule has 0 aliphatic heterocycles. The third kappa shape index (κ3) is 5.04. The smallest absolute Gasteiger partial charge is 0.261 e. The summed E-state index contributed by atoms with van der Waals surface area (Å²) in [5.74, 6) is -0.433. The zero-order chi connectivity index (χ0) is 21.0. The average Bonchev–Trinajstić information content (AvgIpc) is 2.70. The first kappa shape index (κ1) is 20.6. The molecule has 3 rings (SSSR count). The number of carbonyl (C=O) groups excluding carboxylic acids is 1. The quantitative estimate of drug-likeness (QED) is 0.596. The second kappa shape index (κ2) is 8.50. The lowest BCUT2D eigenvalue weighted by atomic mass is 10.2. The molecule has 0 aliphatic carbocycles. The van der Waals surface area contributed by atoms with Gasteiger partial charge in [-0.1, -0.05) is 11.6 Å². The lowest BCUT2D eigenvalue weighted by Crippen LogP contribution is -2.16. The lowest BCUT2D eigenvalue weighted by Gasteiger charge is -2.11. The van der Waals surface area contributed by atoms with Gasteiger partial charge in [-0.25, -0.2) is 12.8 Å². The Hall–Kier alpha value is -3.10. The van der Waals surface area contributed by atoms with Crippen molar-refractivity contribution in [1.82, 2.24) is 0 Å². The van der Waals surface area contributed by atoms with E-state index in [0.717, 1.165) is 12.1 Å². The first-order valence-corrected chi connectivity index (χ1v) is 10.2. The Morgan fingerprint density at radius 1 is 0.966 bits per heavy atom. The molecular formula is C20H16ClFN2O4S. The topological polar surface area (TPSA) is 84.5 Å². The molecule has 0 bridgehead atoms. The van der Waals surface area contributed by atoms with Crippen LogP contribution in [0.5, 0.6) is 5.75 Å². The molecule has 150 valence electrons. The Morgan fingerprint density at radius 3 is 2.21 bits per heavy atom. The van der Waals surface area contributed by atoms with E-state index in [0.29, 0.717) is 11.4 Å². The fourth-order valence-electron chi connectivity index (χ4n) is 2.45. The van der Waals surface area contributed by atoms with Crippen molar-refractivity contribution in [1.29, 1.82) is 0 Å². The van der Waals surface area contributed by atoms with Gasteiger partial charge in [-0.3, -0.25) is 9.52 Å². The van der Waals surface area contributed by atoms with Crippen LogP contribution in [0.3, 0.4) is 0 Å². The van der Waals surface area contributed by atoms with Gasteiger partial charge in [0.1, 0.15) is 11.6 Å². The van der Waals surface area contributed by atoms with E-state index < -0.39 is 21.7 Å². The van der Waals surface area contributed by atoms with Crippen LogP contribution in [0.4, 0.5) is 15.8 Å². The standard InChI is InChI=1S/C20H16ClFN2O4S/c1-28-16-8-6-14(7-9-16)23-20(25)18-12-17(10-11-19(18)21)29(26,27)24-15-4-2-13(22)3-5-15/h2-12,24H,1H3,(H,23,25). The van der Waals surface area contributed by atoms with Crippen LogP contribution >= 0.6 is 11.6 Å². The number of methoxy groups -OCH3 is 1. The molecule has 3 aromatic rings. The molecule has 3 aromatic carbocycles. The second-order valence-corrected chi connectivity index (χ2v) is 8.03. The van der Waals surface area contributed by atoms with Gasteiger partial charge in [-0.2, -0.15) is 0 Å². The van der Waals surface area contributed by atoms with E-state index in [1.54, 1.807) is 24.3 Å². The van der Waals surface area contributed by atoms with E-state index in [1.165, 1.54) is 37.4 Å². The van der Waals surface area contributed by atoms with E-state index >= 15 is 0 Å². The summed E-state index contributed by atoms with van der Waals surface area (Å²) >= 11 is 6.09. The first-order valence-electron chi connectivity index (χ1n) is 8.32. The highest BCUT2D eigenvalue weighted by Gasteiger charge is 2.19. The van der Waals surface area contributed by atoms with E-state index in [4.69, 9.17) is 16.3 Å². The predicted octanol–water partition coefficient (Wildman–Crippen LogP) is 4.54. The van der Waals surface area contributed by atoms with Crippen molar-refractivity contribution in [2.45, 2.75) is 4.90 Å². The van der Waals surface area contributed by atoms with Crippen LogP contribution in [0.15, 0.2) is 71.6 Å². The zero-order valence-electron chi connectivity index (χ0n) is 15.1. The Balaban J connectivity index is 1.84. The Bertz CT molecular complexity index is 1130. The molecule has 0 aliphatic rings. The molecule has 0 aromatic heterocycles. The number of rotatable bonds is 6. The molecular weight excluding hydrogens is 419 g/mol. The number of hydrogen-bond donors (Lipinski definition) is 2. The summed E-state index contributed by atoms with van der Waals surface area (Å²) < 4.78 is 45.6. The van der Waals surface area contributed by atoms with Crippen LogP contribution in [0.1, 0.15) is 10.4 Å². The normalized spacial score (nSPS) is 11.0. The van der Waals surface area contributed by atoms with Gasteiger partial charge in [0.05, 0.1) is 22.6 Å². The maximum atomic E-state index is 13.0. The molecule has 6 nitrogen and oxygen atoms in total. The van der Waals surface area contributed by atoms with Crippen molar-refractivity contribution in [3.8, 4) is 5.75 Å². The van der Waals surface area contributed by atoms with E-state index in [1.807, 2.05) is 0 Å². The summed E-state index contributed by atoms with van der Waals surface area (Å²) in [7, 11) is -2.48. The number of anilines is 2. The molecule has 0 atom stereocenters. The summed E-state index contributed by atoms with van der Waals surface area (Å²) in [5.41, 5.74) is 0.666. The van der Waals surface area contributed by atoms with Crippen LogP contribution in [-0.2, 0) is 10.0 Å². The molecule has 0 radical (unpaired) electrons. The third-order valence-corrected chi connectivity index (χ3v) is 5.65. The Morgan fingerprint density at radius 2 is 1.59 bits per heavy atom. The molecule has 0 heterocycles. The molecule has 1 amide bonds. The van der Waals surface area contributed by atoms with Crippen molar-refractivity contribution < 1.29 is 22.3 Å². The van der Waals surface area contributed by atoms with Crippen molar-refractivity contribution in [2.24, 2.45) is 0 Å². The van der Waals surface area contributed by atoms with Crippen molar-refractivity contribution in [2.75, 3.05) is 17.1 Å². The first-order chi connectivity index (χ1) is 13.8. The summed E-state index contributed by atoms with van der Waals surface area (Å²) in [6.45, 7) is 0. The van der Waals surface area contributed by atoms with Crippen LogP contribution < -0.4 is 14.8 Å². The van der Waals surface area contributed by atoms with Gasteiger partial charge in [0.15, 0.2) is 0 Å². The minimum atomic E-state index is -4.01. The predicted molar refractivity (Wildman–Crippen MR) is 110 cm³/mol. The van der Waals surface area contributed by atoms with E-state index in [9.17, 15) is 17.6 Å². The number of ether oxygens (including phenoxy) is 1. The maximum Gasteiger partial charge on any atom is 0.261 e. The molecule has 0 saturated carbocycles. The summed E-state index contributed by atoms with van der Waals surface area (Å²) in [5, 5.41) is 2.74. The summed E-state index contributed by atoms with van der Waals surface area (Å²) in [4.78, 5) is 12.4. The van der Waals surface area contributed by atoms with Crippen LogP contribution in [0.25, 0.3) is 0 Å². The minimum absolute atomic E-state index is 0.00975. The highest BCUT2D eigenvalue weighted by molar-refractivity contribution is 7.92. The zero-order valence-corrected chi connectivity index (χ0v) is 16.7. The van der Waals surface area contributed by atoms with Gasteiger partial charge in [-0.15, -0.1) is 0 Å². The monoisotopic (exact) mass is 434 g/mol. The number of hydrogen-bond acceptors (Lipinski definition) is 4. The number of carbonyl (C=O) groups is 1. The number of sulfonamides is 1.